The van der Waals surface area contributed by atoms with Crippen LogP contribution in [0.25, 0.3) is 0 Å². The minimum atomic E-state index is -0.268. The van der Waals surface area contributed by atoms with Gasteiger partial charge < -0.3 is 10.6 Å². The van der Waals surface area contributed by atoms with E-state index in [2.05, 4.69) is 10.6 Å². The summed E-state index contributed by atoms with van der Waals surface area (Å²) in [7, 11) is 0. The quantitative estimate of drug-likeness (QED) is 0.840. The normalized spacial score (nSPS) is 22.3. The van der Waals surface area contributed by atoms with Crippen molar-refractivity contribution >= 4 is 35.8 Å². The van der Waals surface area contributed by atoms with Gasteiger partial charge in [-0.25, -0.2) is 0 Å². The van der Waals surface area contributed by atoms with Crippen LogP contribution in [0.3, 0.4) is 0 Å². The maximum absolute atomic E-state index is 12.2. The molecule has 0 aromatic heterocycles. The smallest absolute Gasteiger partial charge is 0.231 e. The van der Waals surface area contributed by atoms with Gasteiger partial charge in [-0.3, -0.25) is 4.79 Å². The van der Waals surface area contributed by atoms with E-state index in [-0.39, 0.29) is 23.7 Å². The highest BCUT2D eigenvalue weighted by Crippen LogP contribution is 2.27. The highest BCUT2D eigenvalue weighted by Gasteiger charge is 2.36. The molecule has 1 amide bonds. The molecule has 100 valence electrons. The van der Waals surface area contributed by atoms with Crippen molar-refractivity contribution in [1.29, 1.82) is 0 Å². The summed E-state index contributed by atoms with van der Waals surface area (Å²) in [6.07, 6.45) is 2.93. The van der Waals surface area contributed by atoms with Crippen LogP contribution in [0.4, 0.5) is 5.69 Å². The fourth-order valence-electron chi connectivity index (χ4n) is 1.99. The number of hydrogen-bond donors (Lipinski definition) is 2. The Morgan fingerprint density at radius 3 is 2.89 bits per heavy atom. The molecular weight excluding hydrogens is 268 g/mol. The summed E-state index contributed by atoms with van der Waals surface area (Å²) in [5.41, 5.74) is 0.616. The van der Waals surface area contributed by atoms with Gasteiger partial charge in [-0.05, 0) is 44.3 Å². The summed E-state index contributed by atoms with van der Waals surface area (Å²) in [4.78, 5) is 13.3. The van der Waals surface area contributed by atoms with Crippen LogP contribution in [0, 0.1) is 5.41 Å². The van der Waals surface area contributed by atoms with Crippen LogP contribution in [0.2, 0.25) is 0 Å². The molecule has 0 saturated carbocycles. The van der Waals surface area contributed by atoms with Crippen LogP contribution in [0.1, 0.15) is 13.3 Å². The zero-order chi connectivity index (χ0) is 12.3. The lowest BCUT2D eigenvalue weighted by atomic mass is 9.89. The Hall–Kier alpha value is -0.710. The van der Waals surface area contributed by atoms with Crippen molar-refractivity contribution in [2.45, 2.75) is 18.2 Å². The average Bonchev–Trinajstić information content (AvgIpc) is 2.78. The lowest BCUT2D eigenvalue weighted by Crippen LogP contribution is -2.35. The molecule has 1 atom stereocenters. The van der Waals surface area contributed by atoms with E-state index in [1.165, 1.54) is 0 Å². The van der Waals surface area contributed by atoms with Crippen molar-refractivity contribution in [3.05, 3.63) is 24.3 Å². The second kappa shape index (κ2) is 6.45. The third-order valence-electron chi connectivity index (χ3n) is 3.24. The first-order valence-corrected chi connectivity index (χ1v) is 7.03. The number of halogens is 1. The van der Waals surface area contributed by atoms with Gasteiger partial charge in [0.2, 0.25) is 5.91 Å². The SMILES string of the molecule is CSc1cccc(NC(=O)C2(C)CCNC2)c1.Cl. The van der Waals surface area contributed by atoms with Crippen molar-refractivity contribution in [3.8, 4) is 0 Å². The first-order chi connectivity index (χ1) is 8.14. The van der Waals surface area contributed by atoms with Gasteiger partial charge >= 0.3 is 0 Å². The Labute approximate surface area is 119 Å². The molecule has 0 aliphatic carbocycles. The van der Waals surface area contributed by atoms with Crippen LogP contribution in [-0.2, 0) is 4.79 Å². The number of thioether (sulfide) groups is 1. The molecule has 0 radical (unpaired) electrons. The van der Waals surface area contributed by atoms with Crippen molar-refractivity contribution in [1.82, 2.24) is 5.32 Å². The van der Waals surface area contributed by atoms with E-state index in [1.807, 2.05) is 37.4 Å². The molecule has 0 bridgehead atoms. The summed E-state index contributed by atoms with van der Waals surface area (Å²) in [5, 5.41) is 6.24. The number of amides is 1. The second-order valence-corrected chi connectivity index (χ2v) is 5.55. The molecule has 5 heteroatoms. The van der Waals surface area contributed by atoms with Crippen LogP contribution < -0.4 is 10.6 Å². The number of nitrogens with one attached hydrogen (secondary N) is 2. The van der Waals surface area contributed by atoms with E-state index in [9.17, 15) is 4.79 Å². The predicted octanol–water partition coefficient (Wildman–Crippen LogP) is 2.77. The van der Waals surface area contributed by atoms with E-state index < -0.39 is 0 Å². The van der Waals surface area contributed by atoms with Crippen LogP contribution >= 0.6 is 24.2 Å². The number of carbonyl (C=O) groups is 1. The second-order valence-electron chi connectivity index (χ2n) is 4.67. The van der Waals surface area contributed by atoms with Gasteiger partial charge in [-0.1, -0.05) is 6.07 Å². The Balaban J connectivity index is 0.00000162. The van der Waals surface area contributed by atoms with Gasteiger partial charge in [-0.15, -0.1) is 24.2 Å². The molecule has 1 saturated heterocycles. The first kappa shape index (κ1) is 15.3. The minimum Gasteiger partial charge on any atom is -0.326 e. The lowest BCUT2D eigenvalue weighted by Gasteiger charge is -2.21. The Morgan fingerprint density at radius 1 is 1.50 bits per heavy atom. The average molecular weight is 287 g/mol. The third-order valence-corrected chi connectivity index (χ3v) is 3.97. The molecule has 1 aromatic rings. The van der Waals surface area contributed by atoms with E-state index in [4.69, 9.17) is 0 Å². The number of hydrogen-bond acceptors (Lipinski definition) is 3. The van der Waals surface area contributed by atoms with Gasteiger partial charge in [0, 0.05) is 17.1 Å². The van der Waals surface area contributed by atoms with E-state index in [0.29, 0.717) is 0 Å². The Bertz CT molecular complexity index is 419. The summed E-state index contributed by atoms with van der Waals surface area (Å²) >= 11 is 1.68. The molecule has 1 aliphatic heterocycles. The summed E-state index contributed by atoms with van der Waals surface area (Å²) in [5.74, 6) is 0.112. The van der Waals surface area contributed by atoms with Crippen LogP contribution in [0.15, 0.2) is 29.2 Å². The minimum absolute atomic E-state index is 0. The van der Waals surface area contributed by atoms with Crippen LogP contribution in [-0.4, -0.2) is 25.3 Å². The van der Waals surface area contributed by atoms with Gasteiger partial charge in [0.25, 0.3) is 0 Å². The molecular formula is C13H19ClN2OS. The summed E-state index contributed by atoms with van der Waals surface area (Å²) in [6, 6.07) is 7.95. The highest BCUT2D eigenvalue weighted by atomic mass is 35.5. The van der Waals surface area contributed by atoms with E-state index >= 15 is 0 Å². The van der Waals surface area contributed by atoms with Crippen molar-refractivity contribution in [2.24, 2.45) is 5.41 Å². The largest absolute Gasteiger partial charge is 0.326 e. The number of anilines is 1. The van der Waals surface area contributed by atoms with E-state index in [0.717, 1.165) is 30.1 Å². The molecule has 1 heterocycles. The fourth-order valence-corrected chi connectivity index (χ4v) is 2.45. The standard InChI is InChI=1S/C13H18N2OS.ClH/c1-13(6-7-14-9-13)12(16)15-10-4-3-5-11(8-10)17-2;/h3-5,8,14H,6-7,9H2,1-2H3,(H,15,16);1H. The summed E-state index contributed by atoms with van der Waals surface area (Å²) < 4.78 is 0. The van der Waals surface area contributed by atoms with Crippen LogP contribution in [0.5, 0.6) is 0 Å². The molecule has 3 nitrogen and oxygen atoms in total. The Kier molecular flexibility index (Phi) is 5.50. The van der Waals surface area contributed by atoms with E-state index in [1.54, 1.807) is 11.8 Å². The molecule has 1 fully saturated rings. The monoisotopic (exact) mass is 286 g/mol. The predicted molar refractivity (Wildman–Crippen MR) is 79.7 cm³/mol. The molecule has 18 heavy (non-hydrogen) atoms. The van der Waals surface area contributed by atoms with Crippen molar-refractivity contribution in [2.75, 3.05) is 24.7 Å². The molecule has 2 rings (SSSR count). The number of benzene rings is 1. The number of rotatable bonds is 3. The lowest BCUT2D eigenvalue weighted by molar-refractivity contribution is -0.123. The fraction of sp³-hybridized carbons (Fsp3) is 0.462. The zero-order valence-corrected chi connectivity index (χ0v) is 12.3. The van der Waals surface area contributed by atoms with Crippen molar-refractivity contribution in [3.63, 3.8) is 0 Å². The van der Waals surface area contributed by atoms with Crippen molar-refractivity contribution < 1.29 is 4.79 Å². The maximum atomic E-state index is 12.2. The third kappa shape index (κ3) is 3.40. The van der Waals surface area contributed by atoms with Gasteiger partial charge in [0.05, 0.1) is 5.41 Å². The molecule has 1 aliphatic rings. The molecule has 2 N–H and O–H groups in total. The summed E-state index contributed by atoms with van der Waals surface area (Å²) in [6.45, 7) is 3.70. The Morgan fingerprint density at radius 2 is 2.28 bits per heavy atom. The van der Waals surface area contributed by atoms with Gasteiger partial charge in [0.15, 0.2) is 0 Å². The van der Waals surface area contributed by atoms with Gasteiger partial charge in [-0.2, -0.15) is 0 Å². The first-order valence-electron chi connectivity index (χ1n) is 5.80. The molecule has 0 spiro atoms. The number of carbonyl (C=O) groups excluding carboxylic acids is 1. The maximum Gasteiger partial charge on any atom is 0.231 e. The molecule has 1 unspecified atom stereocenters. The zero-order valence-electron chi connectivity index (χ0n) is 10.7. The topological polar surface area (TPSA) is 41.1 Å². The highest BCUT2D eigenvalue weighted by molar-refractivity contribution is 7.98. The molecule has 1 aromatic carbocycles. The van der Waals surface area contributed by atoms with Gasteiger partial charge in [0.1, 0.15) is 0 Å².